The largest absolute Gasteiger partial charge is 0.494 e. The standard InChI is InChI=1S/C31H42N2O/c1-3-5-7-9-11-13-23-34-30-21-19-28(20-22-30)27-15-17-29(18-16-27)31-32-24-26(25-33-31)14-12-10-8-6-4-2/h15-22,24-25H,3-14,23H2,1-2H3. The zero-order chi connectivity index (χ0) is 23.8. The molecular weight excluding hydrogens is 416 g/mol. The monoisotopic (exact) mass is 458 g/mol. The van der Waals surface area contributed by atoms with Crippen molar-refractivity contribution in [3.8, 4) is 28.3 Å². The minimum absolute atomic E-state index is 0.791. The third kappa shape index (κ3) is 8.93. The smallest absolute Gasteiger partial charge is 0.159 e. The highest BCUT2D eigenvalue weighted by atomic mass is 16.5. The zero-order valence-electron chi connectivity index (χ0n) is 21.3. The van der Waals surface area contributed by atoms with Crippen molar-refractivity contribution < 1.29 is 4.74 Å². The third-order valence-electron chi connectivity index (χ3n) is 6.37. The van der Waals surface area contributed by atoms with Crippen molar-refractivity contribution in [2.45, 2.75) is 90.9 Å². The minimum Gasteiger partial charge on any atom is -0.494 e. The van der Waals surface area contributed by atoms with E-state index in [2.05, 4.69) is 72.3 Å². The molecule has 0 spiro atoms. The Morgan fingerprint density at radius 3 is 1.68 bits per heavy atom. The highest BCUT2D eigenvalue weighted by Crippen LogP contribution is 2.25. The van der Waals surface area contributed by atoms with Crippen LogP contribution in [0.3, 0.4) is 0 Å². The van der Waals surface area contributed by atoms with Crippen molar-refractivity contribution >= 4 is 0 Å². The molecule has 0 saturated carbocycles. The summed E-state index contributed by atoms with van der Waals surface area (Å²) in [4.78, 5) is 9.21. The maximum atomic E-state index is 5.92. The van der Waals surface area contributed by atoms with Crippen LogP contribution in [0.1, 0.15) is 90.0 Å². The second kappa shape index (κ2) is 15.3. The van der Waals surface area contributed by atoms with Gasteiger partial charge >= 0.3 is 0 Å². The van der Waals surface area contributed by atoms with Crippen LogP contribution >= 0.6 is 0 Å². The SMILES string of the molecule is CCCCCCCCOc1ccc(-c2ccc(-c3ncc(CCCCCCC)cn3)cc2)cc1. The molecule has 182 valence electrons. The number of unbranched alkanes of at least 4 members (excludes halogenated alkanes) is 9. The Balaban J connectivity index is 1.45. The number of benzene rings is 2. The Morgan fingerprint density at radius 1 is 0.559 bits per heavy atom. The van der Waals surface area contributed by atoms with Crippen molar-refractivity contribution in [1.29, 1.82) is 0 Å². The van der Waals surface area contributed by atoms with Gasteiger partial charge < -0.3 is 4.74 Å². The fourth-order valence-electron chi connectivity index (χ4n) is 4.19. The van der Waals surface area contributed by atoms with E-state index in [4.69, 9.17) is 4.74 Å². The Bertz CT molecular complexity index is 917. The molecule has 0 aliphatic carbocycles. The maximum absolute atomic E-state index is 5.92. The molecule has 0 amide bonds. The molecule has 0 radical (unpaired) electrons. The van der Waals surface area contributed by atoms with Crippen LogP contribution in [-0.2, 0) is 6.42 Å². The van der Waals surface area contributed by atoms with Crippen molar-refractivity contribution in [1.82, 2.24) is 9.97 Å². The molecule has 34 heavy (non-hydrogen) atoms. The fraction of sp³-hybridized carbons (Fsp3) is 0.484. The quantitative estimate of drug-likeness (QED) is 0.201. The van der Waals surface area contributed by atoms with Gasteiger partial charge in [-0.2, -0.15) is 0 Å². The van der Waals surface area contributed by atoms with E-state index in [1.165, 1.54) is 80.9 Å². The number of hydrogen-bond acceptors (Lipinski definition) is 3. The maximum Gasteiger partial charge on any atom is 0.159 e. The summed E-state index contributed by atoms with van der Waals surface area (Å²) in [6.45, 7) is 5.31. The van der Waals surface area contributed by atoms with Crippen molar-refractivity contribution in [2.75, 3.05) is 6.61 Å². The molecule has 3 heteroatoms. The van der Waals surface area contributed by atoms with E-state index in [0.717, 1.165) is 36.6 Å². The van der Waals surface area contributed by atoms with E-state index < -0.39 is 0 Å². The zero-order valence-corrected chi connectivity index (χ0v) is 21.3. The van der Waals surface area contributed by atoms with Crippen LogP contribution in [0.4, 0.5) is 0 Å². The predicted molar refractivity (Wildman–Crippen MR) is 144 cm³/mol. The number of ether oxygens (including phenoxy) is 1. The van der Waals surface area contributed by atoms with Gasteiger partial charge in [-0.05, 0) is 48.1 Å². The summed E-state index contributed by atoms with van der Waals surface area (Å²) in [5.41, 5.74) is 4.67. The summed E-state index contributed by atoms with van der Waals surface area (Å²) in [5, 5.41) is 0. The van der Waals surface area contributed by atoms with Gasteiger partial charge in [-0.1, -0.05) is 108 Å². The van der Waals surface area contributed by atoms with Gasteiger partial charge in [-0.15, -0.1) is 0 Å². The number of aryl methyl sites for hydroxylation is 1. The molecule has 0 fully saturated rings. The fourth-order valence-corrected chi connectivity index (χ4v) is 4.19. The van der Waals surface area contributed by atoms with E-state index in [0.29, 0.717) is 0 Å². The van der Waals surface area contributed by atoms with Crippen LogP contribution in [0.15, 0.2) is 60.9 Å². The van der Waals surface area contributed by atoms with Crippen molar-refractivity contribution in [3.05, 3.63) is 66.5 Å². The first kappa shape index (κ1) is 25.9. The summed E-state index contributed by atoms with van der Waals surface area (Å²) in [7, 11) is 0. The Morgan fingerprint density at radius 2 is 1.06 bits per heavy atom. The van der Waals surface area contributed by atoms with Gasteiger partial charge in [-0.3, -0.25) is 0 Å². The Hall–Kier alpha value is -2.68. The topological polar surface area (TPSA) is 35.0 Å². The second-order valence-electron chi connectivity index (χ2n) is 9.30. The molecule has 3 aromatic rings. The lowest BCUT2D eigenvalue weighted by atomic mass is 10.0. The average Bonchev–Trinajstić information content (AvgIpc) is 2.89. The first-order valence-corrected chi connectivity index (χ1v) is 13.4. The first-order valence-electron chi connectivity index (χ1n) is 13.4. The number of nitrogens with zero attached hydrogens (tertiary/aromatic N) is 2. The van der Waals surface area contributed by atoms with Gasteiger partial charge in [0, 0.05) is 18.0 Å². The van der Waals surface area contributed by atoms with Gasteiger partial charge in [0.25, 0.3) is 0 Å². The van der Waals surface area contributed by atoms with Crippen molar-refractivity contribution in [2.24, 2.45) is 0 Å². The normalized spacial score (nSPS) is 11.0. The van der Waals surface area contributed by atoms with Gasteiger partial charge in [0.1, 0.15) is 5.75 Å². The van der Waals surface area contributed by atoms with Crippen LogP contribution in [0, 0.1) is 0 Å². The number of hydrogen-bond donors (Lipinski definition) is 0. The summed E-state index contributed by atoms with van der Waals surface area (Å²) < 4.78 is 5.92. The summed E-state index contributed by atoms with van der Waals surface area (Å²) in [5.74, 6) is 1.74. The Labute approximate surface area is 207 Å². The third-order valence-corrected chi connectivity index (χ3v) is 6.37. The molecule has 3 nitrogen and oxygen atoms in total. The van der Waals surface area contributed by atoms with E-state index >= 15 is 0 Å². The van der Waals surface area contributed by atoms with E-state index in [1.807, 2.05) is 12.4 Å². The molecule has 0 unspecified atom stereocenters. The second-order valence-corrected chi connectivity index (χ2v) is 9.30. The molecule has 0 saturated heterocycles. The van der Waals surface area contributed by atoms with E-state index in [1.54, 1.807) is 0 Å². The lowest BCUT2D eigenvalue weighted by Crippen LogP contribution is -1.97. The van der Waals surface area contributed by atoms with Crippen LogP contribution in [0.2, 0.25) is 0 Å². The molecule has 0 aliphatic heterocycles. The summed E-state index contributed by atoms with van der Waals surface area (Å²) in [6, 6.07) is 16.9. The highest BCUT2D eigenvalue weighted by molar-refractivity contribution is 5.68. The van der Waals surface area contributed by atoms with Gasteiger partial charge in [-0.25, -0.2) is 9.97 Å². The van der Waals surface area contributed by atoms with Gasteiger partial charge in [0.15, 0.2) is 5.82 Å². The number of rotatable bonds is 16. The van der Waals surface area contributed by atoms with Gasteiger partial charge in [0.2, 0.25) is 0 Å². The number of aromatic nitrogens is 2. The molecule has 2 aromatic carbocycles. The Kier molecular flexibility index (Phi) is 11.6. The molecule has 1 heterocycles. The molecule has 3 rings (SSSR count). The van der Waals surface area contributed by atoms with E-state index in [9.17, 15) is 0 Å². The van der Waals surface area contributed by atoms with Crippen LogP contribution in [-0.4, -0.2) is 16.6 Å². The predicted octanol–water partition coefficient (Wildman–Crippen LogP) is 9.06. The lowest BCUT2D eigenvalue weighted by molar-refractivity contribution is 0.304. The average molecular weight is 459 g/mol. The van der Waals surface area contributed by atoms with Gasteiger partial charge in [0.05, 0.1) is 6.61 Å². The summed E-state index contributed by atoms with van der Waals surface area (Å²) >= 11 is 0. The van der Waals surface area contributed by atoms with E-state index in [-0.39, 0.29) is 0 Å². The molecule has 1 aromatic heterocycles. The van der Waals surface area contributed by atoms with Crippen molar-refractivity contribution in [3.63, 3.8) is 0 Å². The van der Waals surface area contributed by atoms with Crippen LogP contribution in [0.5, 0.6) is 5.75 Å². The molecule has 0 bridgehead atoms. The lowest BCUT2D eigenvalue weighted by Gasteiger charge is -2.08. The molecule has 0 atom stereocenters. The molecule has 0 N–H and O–H groups in total. The van der Waals surface area contributed by atoms with Crippen LogP contribution < -0.4 is 4.74 Å². The minimum atomic E-state index is 0.791. The van der Waals surface area contributed by atoms with Crippen LogP contribution in [0.25, 0.3) is 22.5 Å². The highest BCUT2D eigenvalue weighted by Gasteiger charge is 2.04. The first-order chi connectivity index (χ1) is 16.8. The molecule has 0 aliphatic rings. The summed E-state index contributed by atoms with van der Waals surface area (Å²) in [6.07, 6.45) is 19.2. The molecular formula is C31H42N2O.